The maximum Gasteiger partial charge on any atom is 0.340 e. The summed E-state index contributed by atoms with van der Waals surface area (Å²) in [5, 5.41) is 9.95. The van der Waals surface area contributed by atoms with Crippen LogP contribution in [0.2, 0.25) is 5.02 Å². The Hall–Kier alpha value is -3.36. The minimum atomic E-state index is -0.433. The lowest BCUT2D eigenvalue weighted by Gasteiger charge is -2.11. The summed E-state index contributed by atoms with van der Waals surface area (Å²) in [6.07, 6.45) is 0. The molecule has 0 spiro atoms. The molecule has 0 aliphatic carbocycles. The highest BCUT2D eigenvalue weighted by Gasteiger charge is 2.24. The number of nitrogens with one attached hydrogen (secondary N) is 1. The van der Waals surface area contributed by atoms with Crippen LogP contribution in [0, 0.1) is 13.8 Å². The fraction of sp³-hybridized carbons (Fsp3) is 0.231. The van der Waals surface area contributed by atoms with E-state index in [1.54, 1.807) is 20.8 Å². The van der Waals surface area contributed by atoms with Crippen LogP contribution in [-0.4, -0.2) is 43.9 Å². The number of aromatic amines is 1. The zero-order valence-corrected chi connectivity index (χ0v) is 21.2. The minimum absolute atomic E-state index is 0.124. The molecule has 0 radical (unpaired) electrons. The average molecular weight is 509 g/mol. The fourth-order valence-corrected chi connectivity index (χ4v) is 4.92. The molecule has 7 nitrogen and oxygen atoms in total. The van der Waals surface area contributed by atoms with Gasteiger partial charge in [-0.2, -0.15) is 0 Å². The van der Waals surface area contributed by atoms with E-state index in [0.29, 0.717) is 45.1 Å². The number of carbonyl (C=O) groups excluding carboxylic acids is 2. The van der Waals surface area contributed by atoms with E-state index in [0.717, 1.165) is 11.1 Å². The number of carbonyl (C=O) groups is 2. The van der Waals surface area contributed by atoms with Crippen molar-refractivity contribution in [2.75, 3.05) is 12.4 Å². The first kappa shape index (κ1) is 24.8. The van der Waals surface area contributed by atoms with Crippen molar-refractivity contribution in [1.82, 2.24) is 19.7 Å². The number of aryl methyl sites for hydroxylation is 1. The maximum atomic E-state index is 13.1. The third kappa shape index (κ3) is 5.33. The number of H-pyrrole nitrogens is 1. The van der Waals surface area contributed by atoms with E-state index < -0.39 is 5.97 Å². The van der Waals surface area contributed by atoms with Crippen LogP contribution in [0.4, 0.5) is 0 Å². The van der Waals surface area contributed by atoms with Gasteiger partial charge in [0, 0.05) is 11.3 Å². The van der Waals surface area contributed by atoms with E-state index in [4.69, 9.17) is 16.3 Å². The van der Waals surface area contributed by atoms with Gasteiger partial charge in [-0.05, 0) is 44.0 Å². The molecule has 0 bridgehead atoms. The number of benzene rings is 2. The number of nitrogens with zero attached hydrogens (tertiary/aromatic N) is 3. The monoisotopic (exact) mass is 508 g/mol. The van der Waals surface area contributed by atoms with Gasteiger partial charge in [0.1, 0.15) is 0 Å². The van der Waals surface area contributed by atoms with E-state index in [-0.39, 0.29) is 18.1 Å². The molecular weight excluding hydrogens is 484 g/mol. The second-order valence-electron chi connectivity index (χ2n) is 7.92. The van der Waals surface area contributed by atoms with Crippen molar-refractivity contribution in [3.63, 3.8) is 0 Å². The van der Waals surface area contributed by atoms with Gasteiger partial charge in [-0.3, -0.25) is 9.36 Å². The molecule has 9 heteroatoms. The largest absolute Gasteiger partial charge is 0.462 e. The predicted molar refractivity (Wildman–Crippen MR) is 137 cm³/mol. The second-order valence-corrected chi connectivity index (χ2v) is 9.26. The quantitative estimate of drug-likeness (QED) is 0.176. The van der Waals surface area contributed by atoms with Crippen molar-refractivity contribution in [2.24, 2.45) is 0 Å². The van der Waals surface area contributed by atoms with E-state index >= 15 is 0 Å². The molecule has 0 saturated carbocycles. The second kappa shape index (κ2) is 10.9. The van der Waals surface area contributed by atoms with Gasteiger partial charge in [0.15, 0.2) is 16.8 Å². The highest BCUT2D eigenvalue weighted by atomic mass is 35.5. The van der Waals surface area contributed by atoms with Gasteiger partial charge in [-0.25, -0.2) is 4.79 Å². The Morgan fingerprint density at radius 2 is 1.77 bits per heavy atom. The first-order valence-corrected chi connectivity index (χ1v) is 12.5. The molecule has 0 atom stereocenters. The molecule has 0 fully saturated rings. The summed E-state index contributed by atoms with van der Waals surface area (Å²) in [6.45, 7) is 6.06. The van der Waals surface area contributed by atoms with Gasteiger partial charge < -0.3 is 9.72 Å². The van der Waals surface area contributed by atoms with Crippen molar-refractivity contribution >= 4 is 35.1 Å². The van der Waals surface area contributed by atoms with Crippen LogP contribution in [0.25, 0.3) is 11.4 Å². The van der Waals surface area contributed by atoms with Crippen LogP contribution in [0.3, 0.4) is 0 Å². The number of Topliss-reactive ketones (excluding diaryl/α,β-unsaturated/α-hetero) is 1. The van der Waals surface area contributed by atoms with Crippen molar-refractivity contribution in [3.8, 4) is 11.4 Å². The third-order valence-corrected chi connectivity index (χ3v) is 6.84. The molecule has 2 aromatic heterocycles. The number of hydrogen-bond acceptors (Lipinski definition) is 6. The topological polar surface area (TPSA) is 89.9 Å². The molecule has 0 unspecified atom stereocenters. The van der Waals surface area contributed by atoms with Gasteiger partial charge >= 0.3 is 5.97 Å². The normalized spacial score (nSPS) is 11.0. The fourth-order valence-electron chi connectivity index (χ4n) is 3.89. The summed E-state index contributed by atoms with van der Waals surface area (Å²) in [5.74, 6) is 0.182. The molecule has 180 valence electrons. The maximum absolute atomic E-state index is 13.1. The van der Waals surface area contributed by atoms with Crippen LogP contribution in [0.15, 0.2) is 59.8 Å². The van der Waals surface area contributed by atoms with E-state index in [9.17, 15) is 9.59 Å². The zero-order valence-electron chi connectivity index (χ0n) is 19.7. The zero-order chi connectivity index (χ0) is 24.9. The Bertz CT molecular complexity index is 1360. The molecule has 35 heavy (non-hydrogen) atoms. The number of hydrogen-bond donors (Lipinski definition) is 1. The summed E-state index contributed by atoms with van der Waals surface area (Å²) in [5.41, 5.74) is 3.86. The van der Waals surface area contributed by atoms with Gasteiger partial charge in [-0.1, -0.05) is 65.8 Å². The van der Waals surface area contributed by atoms with E-state index in [1.807, 2.05) is 59.2 Å². The number of esters is 1. The summed E-state index contributed by atoms with van der Waals surface area (Å²) in [4.78, 5) is 28.5. The Kier molecular flexibility index (Phi) is 7.73. The molecule has 2 aromatic carbocycles. The van der Waals surface area contributed by atoms with Gasteiger partial charge in [0.05, 0.1) is 35.2 Å². The Labute approximate surface area is 212 Å². The van der Waals surface area contributed by atoms with Crippen LogP contribution < -0.4 is 0 Å². The lowest BCUT2D eigenvalue weighted by molar-refractivity contribution is 0.0525. The van der Waals surface area contributed by atoms with Crippen molar-refractivity contribution in [1.29, 1.82) is 0 Å². The molecular formula is C26H25ClN4O3S. The van der Waals surface area contributed by atoms with E-state index in [2.05, 4.69) is 15.2 Å². The Morgan fingerprint density at radius 1 is 1.06 bits per heavy atom. The smallest absolute Gasteiger partial charge is 0.340 e. The first-order chi connectivity index (χ1) is 16.9. The van der Waals surface area contributed by atoms with E-state index in [1.165, 1.54) is 11.8 Å². The van der Waals surface area contributed by atoms with Crippen molar-refractivity contribution in [2.45, 2.75) is 32.5 Å². The van der Waals surface area contributed by atoms with Gasteiger partial charge in [0.2, 0.25) is 0 Å². The van der Waals surface area contributed by atoms with Gasteiger partial charge in [-0.15, -0.1) is 10.2 Å². The SMILES string of the molecule is CCOC(=O)c1c(C)[nH]c(C(=O)CSc2nnc(-c3ccccc3Cl)n2Cc2ccccc2)c1C. The molecule has 0 aliphatic rings. The molecule has 0 saturated heterocycles. The van der Waals surface area contributed by atoms with Gasteiger partial charge in [0.25, 0.3) is 0 Å². The highest BCUT2D eigenvalue weighted by Crippen LogP contribution is 2.30. The lowest BCUT2D eigenvalue weighted by Crippen LogP contribution is -2.09. The minimum Gasteiger partial charge on any atom is -0.462 e. The first-order valence-electron chi connectivity index (χ1n) is 11.1. The Balaban J connectivity index is 1.61. The number of ketones is 1. The lowest BCUT2D eigenvalue weighted by atomic mass is 10.1. The van der Waals surface area contributed by atoms with Crippen LogP contribution >= 0.6 is 23.4 Å². The molecule has 4 aromatic rings. The summed E-state index contributed by atoms with van der Waals surface area (Å²) in [6, 6.07) is 17.4. The van der Waals surface area contributed by atoms with Crippen LogP contribution in [-0.2, 0) is 11.3 Å². The number of halogens is 1. The highest BCUT2D eigenvalue weighted by molar-refractivity contribution is 7.99. The molecule has 0 amide bonds. The summed E-state index contributed by atoms with van der Waals surface area (Å²) >= 11 is 7.74. The third-order valence-electron chi connectivity index (χ3n) is 5.54. The Morgan fingerprint density at radius 3 is 2.49 bits per heavy atom. The number of ether oxygens (including phenoxy) is 1. The van der Waals surface area contributed by atoms with Crippen molar-refractivity contribution < 1.29 is 14.3 Å². The summed E-state index contributed by atoms with van der Waals surface area (Å²) < 4.78 is 7.09. The molecule has 1 N–H and O–H groups in total. The number of thioether (sulfide) groups is 1. The van der Waals surface area contributed by atoms with Crippen molar-refractivity contribution in [3.05, 3.63) is 87.7 Å². The van der Waals surface area contributed by atoms with Crippen LogP contribution in [0.1, 0.15) is 44.6 Å². The standard InChI is InChI=1S/C26H25ClN4O3S/c1-4-34-25(33)22-16(2)23(28-17(22)3)21(32)15-35-26-30-29-24(19-12-8-9-13-20(19)27)31(26)14-18-10-6-5-7-11-18/h5-13,28H,4,14-15H2,1-3H3. The molecule has 4 rings (SSSR count). The number of aromatic nitrogens is 4. The molecule has 0 aliphatic heterocycles. The summed E-state index contributed by atoms with van der Waals surface area (Å²) in [7, 11) is 0. The van der Waals surface area contributed by atoms with Crippen LogP contribution in [0.5, 0.6) is 0 Å². The number of rotatable bonds is 9. The average Bonchev–Trinajstić information content (AvgIpc) is 3.38. The molecule has 2 heterocycles. The predicted octanol–water partition coefficient (Wildman–Crippen LogP) is 5.74.